The molecule has 0 atom stereocenters. The molecule has 1 rings (SSSR count). The highest BCUT2D eigenvalue weighted by Gasteiger charge is 2.09. The van der Waals surface area contributed by atoms with E-state index in [0.717, 1.165) is 12.0 Å². The predicted octanol–water partition coefficient (Wildman–Crippen LogP) is 3.33. The molecule has 1 aromatic carbocycles. The molecular formula is C12H13ClO2. The first-order valence-corrected chi connectivity index (χ1v) is 5.07. The fourth-order valence-electron chi connectivity index (χ4n) is 1.18. The van der Waals surface area contributed by atoms with Crippen molar-refractivity contribution < 1.29 is 9.53 Å². The number of hydrogen-bond acceptors (Lipinski definition) is 2. The predicted molar refractivity (Wildman–Crippen MR) is 61.7 cm³/mol. The maximum absolute atomic E-state index is 11.1. The zero-order valence-corrected chi connectivity index (χ0v) is 9.38. The lowest BCUT2D eigenvalue weighted by molar-refractivity contribution is 0.107. The number of ether oxygens (including phenoxy) is 1. The van der Waals surface area contributed by atoms with Gasteiger partial charge in [0.15, 0.2) is 0 Å². The maximum Gasteiger partial charge on any atom is 0.256 e. The summed E-state index contributed by atoms with van der Waals surface area (Å²) in [6, 6.07) is 5.36. The van der Waals surface area contributed by atoms with E-state index in [9.17, 15) is 4.79 Å². The lowest BCUT2D eigenvalue weighted by Gasteiger charge is -2.08. The summed E-state index contributed by atoms with van der Waals surface area (Å²) in [5.74, 6) is 0.530. The number of aryl methyl sites for hydroxylation is 1. The van der Waals surface area contributed by atoms with Crippen LogP contribution in [0.4, 0.5) is 0 Å². The molecule has 80 valence electrons. The molecule has 0 N–H and O–H groups in total. The van der Waals surface area contributed by atoms with Crippen molar-refractivity contribution in [2.45, 2.75) is 13.3 Å². The van der Waals surface area contributed by atoms with Crippen LogP contribution in [0.2, 0.25) is 0 Å². The Morgan fingerprint density at radius 1 is 1.60 bits per heavy atom. The minimum absolute atomic E-state index is 0.417. The molecule has 2 nitrogen and oxygen atoms in total. The topological polar surface area (TPSA) is 26.3 Å². The molecule has 0 aliphatic heterocycles. The molecule has 0 saturated heterocycles. The van der Waals surface area contributed by atoms with Crippen LogP contribution < -0.4 is 4.74 Å². The number of hydrogen-bond donors (Lipinski definition) is 0. The SMILES string of the molecule is C=CCCOc1ccc(C)cc1C(=O)Cl. The fourth-order valence-corrected chi connectivity index (χ4v) is 1.32. The molecule has 0 spiro atoms. The number of halogens is 1. The number of rotatable bonds is 5. The molecule has 0 heterocycles. The van der Waals surface area contributed by atoms with Crippen molar-refractivity contribution in [2.24, 2.45) is 0 Å². The van der Waals surface area contributed by atoms with E-state index in [1.165, 1.54) is 0 Å². The highest BCUT2D eigenvalue weighted by atomic mass is 35.5. The second-order valence-electron chi connectivity index (χ2n) is 3.20. The molecule has 0 fully saturated rings. The summed E-state index contributed by atoms with van der Waals surface area (Å²) in [5, 5.41) is -0.493. The fraction of sp³-hybridized carbons (Fsp3) is 0.250. The molecule has 0 saturated carbocycles. The van der Waals surface area contributed by atoms with Gasteiger partial charge in [0, 0.05) is 0 Å². The van der Waals surface area contributed by atoms with Gasteiger partial charge in [-0.05, 0) is 37.1 Å². The van der Waals surface area contributed by atoms with Gasteiger partial charge in [-0.15, -0.1) is 6.58 Å². The molecule has 0 aliphatic carbocycles. The molecule has 3 heteroatoms. The number of carbonyl (C=O) groups excluding carboxylic acids is 1. The van der Waals surface area contributed by atoms with Crippen molar-refractivity contribution in [1.82, 2.24) is 0 Å². The van der Waals surface area contributed by atoms with E-state index >= 15 is 0 Å². The molecule has 0 unspecified atom stereocenters. The summed E-state index contributed by atoms with van der Waals surface area (Å²) in [6.07, 6.45) is 2.50. The van der Waals surface area contributed by atoms with Gasteiger partial charge in [-0.1, -0.05) is 17.7 Å². The Balaban J connectivity index is 2.85. The third kappa shape index (κ3) is 3.40. The highest BCUT2D eigenvalue weighted by Crippen LogP contribution is 2.22. The van der Waals surface area contributed by atoms with Gasteiger partial charge in [0.2, 0.25) is 0 Å². The third-order valence-electron chi connectivity index (χ3n) is 1.93. The minimum Gasteiger partial charge on any atom is -0.492 e. The Morgan fingerprint density at radius 3 is 2.93 bits per heavy atom. The Bertz CT molecular complexity index is 372. The maximum atomic E-state index is 11.1. The van der Waals surface area contributed by atoms with Gasteiger partial charge in [-0.25, -0.2) is 0 Å². The highest BCUT2D eigenvalue weighted by molar-refractivity contribution is 6.68. The van der Waals surface area contributed by atoms with E-state index in [2.05, 4.69) is 6.58 Å². The molecule has 1 aromatic rings. The van der Waals surface area contributed by atoms with Crippen LogP contribution in [0.1, 0.15) is 22.3 Å². The number of carbonyl (C=O) groups is 1. The van der Waals surface area contributed by atoms with Crippen LogP contribution in [-0.2, 0) is 0 Å². The van der Waals surface area contributed by atoms with Gasteiger partial charge in [0.1, 0.15) is 5.75 Å². The second kappa shape index (κ2) is 5.56. The standard InChI is InChI=1S/C12H13ClO2/c1-3-4-7-15-11-6-5-9(2)8-10(11)12(13)14/h3,5-6,8H,1,4,7H2,2H3. The first kappa shape index (κ1) is 11.8. The van der Waals surface area contributed by atoms with E-state index in [0.29, 0.717) is 17.9 Å². The minimum atomic E-state index is -0.493. The monoisotopic (exact) mass is 224 g/mol. The van der Waals surface area contributed by atoms with Crippen molar-refractivity contribution in [3.05, 3.63) is 42.0 Å². The second-order valence-corrected chi connectivity index (χ2v) is 3.54. The summed E-state index contributed by atoms with van der Waals surface area (Å²) in [6.45, 7) is 5.99. The van der Waals surface area contributed by atoms with Crippen LogP contribution >= 0.6 is 11.6 Å². The molecule has 0 aliphatic rings. The van der Waals surface area contributed by atoms with Gasteiger partial charge in [0.25, 0.3) is 5.24 Å². The Hall–Kier alpha value is -1.28. The van der Waals surface area contributed by atoms with Crippen LogP contribution in [0.3, 0.4) is 0 Å². The van der Waals surface area contributed by atoms with E-state index < -0.39 is 5.24 Å². The number of benzene rings is 1. The molecule has 0 bridgehead atoms. The molecule has 15 heavy (non-hydrogen) atoms. The van der Waals surface area contributed by atoms with Gasteiger partial charge < -0.3 is 4.74 Å². The Morgan fingerprint density at radius 2 is 2.33 bits per heavy atom. The zero-order valence-electron chi connectivity index (χ0n) is 8.63. The Kier molecular flexibility index (Phi) is 4.37. The molecule has 0 aromatic heterocycles. The summed E-state index contributed by atoms with van der Waals surface area (Å²) >= 11 is 5.45. The summed E-state index contributed by atoms with van der Waals surface area (Å²) in [7, 11) is 0. The quantitative estimate of drug-likeness (QED) is 0.436. The largest absolute Gasteiger partial charge is 0.492 e. The van der Waals surface area contributed by atoms with Crippen molar-refractivity contribution in [3.8, 4) is 5.75 Å². The first-order chi connectivity index (χ1) is 7.15. The van der Waals surface area contributed by atoms with E-state index in [4.69, 9.17) is 16.3 Å². The van der Waals surface area contributed by atoms with Gasteiger partial charge in [0.05, 0.1) is 12.2 Å². The van der Waals surface area contributed by atoms with Gasteiger partial charge >= 0.3 is 0 Å². The van der Waals surface area contributed by atoms with Crippen LogP contribution in [0.25, 0.3) is 0 Å². The van der Waals surface area contributed by atoms with Crippen molar-refractivity contribution in [1.29, 1.82) is 0 Å². The van der Waals surface area contributed by atoms with Gasteiger partial charge in [-0.3, -0.25) is 4.79 Å². The summed E-state index contributed by atoms with van der Waals surface area (Å²) in [4.78, 5) is 11.1. The molecular weight excluding hydrogens is 212 g/mol. The normalized spacial score (nSPS) is 9.73. The molecule has 0 amide bonds. The van der Waals surface area contributed by atoms with E-state index in [1.54, 1.807) is 18.2 Å². The first-order valence-electron chi connectivity index (χ1n) is 4.69. The van der Waals surface area contributed by atoms with Crippen LogP contribution in [0.5, 0.6) is 5.75 Å². The van der Waals surface area contributed by atoms with Crippen LogP contribution in [0, 0.1) is 6.92 Å². The lowest BCUT2D eigenvalue weighted by Crippen LogP contribution is -2.01. The average molecular weight is 225 g/mol. The Labute approximate surface area is 94.5 Å². The van der Waals surface area contributed by atoms with E-state index in [-0.39, 0.29) is 0 Å². The third-order valence-corrected chi connectivity index (χ3v) is 2.13. The lowest BCUT2D eigenvalue weighted by atomic mass is 10.1. The summed E-state index contributed by atoms with van der Waals surface area (Å²) in [5.41, 5.74) is 1.40. The molecule has 0 radical (unpaired) electrons. The van der Waals surface area contributed by atoms with Crippen molar-refractivity contribution in [3.63, 3.8) is 0 Å². The smallest absolute Gasteiger partial charge is 0.256 e. The van der Waals surface area contributed by atoms with Crippen molar-refractivity contribution >= 4 is 16.8 Å². The average Bonchev–Trinajstić information content (AvgIpc) is 2.20. The van der Waals surface area contributed by atoms with Crippen LogP contribution in [-0.4, -0.2) is 11.8 Å². The van der Waals surface area contributed by atoms with Gasteiger partial charge in [-0.2, -0.15) is 0 Å². The summed E-state index contributed by atoms with van der Waals surface area (Å²) < 4.78 is 5.42. The van der Waals surface area contributed by atoms with Crippen molar-refractivity contribution in [2.75, 3.05) is 6.61 Å². The zero-order chi connectivity index (χ0) is 11.3. The van der Waals surface area contributed by atoms with E-state index in [1.807, 2.05) is 13.0 Å². The van der Waals surface area contributed by atoms with Crippen LogP contribution in [0.15, 0.2) is 30.9 Å².